The summed E-state index contributed by atoms with van der Waals surface area (Å²) < 4.78 is 12.2. The van der Waals surface area contributed by atoms with Gasteiger partial charge in [0, 0.05) is 45.9 Å². The summed E-state index contributed by atoms with van der Waals surface area (Å²) in [5, 5.41) is 15.2. The molecule has 4 heterocycles. The first-order chi connectivity index (χ1) is 17.9. The average Bonchev–Trinajstić information content (AvgIpc) is 3.51. The minimum atomic E-state index is -0.963. The summed E-state index contributed by atoms with van der Waals surface area (Å²) in [4.78, 5) is 45.2. The van der Waals surface area contributed by atoms with E-state index in [0.29, 0.717) is 52.1 Å². The van der Waals surface area contributed by atoms with Gasteiger partial charge in [-0.15, -0.1) is 0 Å². The number of hydrogen-bond acceptors (Lipinski definition) is 7. The quantitative estimate of drug-likeness (QED) is 0.287. The minimum Gasteiger partial charge on any atom is -0.396 e. The van der Waals surface area contributed by atoms with Crippen molar-refractivity contribution in [2.45, 2.75) is 82.5 Å². The van der Waals surface area contributed by atoms with Gasteiger partial charge in [0.1, 0.15) is 11.6 Å². The predicted octanol–water partition coefficient (Wildman–Crippen LogP) is 0.669. The number of aliphatic hydroxyl groups excluding tert-OH is 1. The minimum absolute atomic E-state index is 0.123. The third-order valence-electron chi connectivity index (χ3n) is 8.90. The number of nitrogens with zero attached hydrogens (tertiary/aromatic N) is 2. The number of likely N-dealkylation sites (tertiary alicyclic amines) is 1. The van der Waals surface area contributed by atoms with E-state index in [0.717, 1.165) is 51.7 Å². The third-order valence-corrected chi connectivity index (χ3v) is 8.90. The van der Waals surface area contributed by atoms with E-state index in [4.69, 9.17) is 14.6 Å². The highest BCUT2D eigenvalue weighted by molar-refractivity contribution is 5.99. The van der Waals surface area contributed by atoms with Gasteiger partial charge in [0.25, 0.3) is 0 Å². The molecule has 2 bridgehead atoms. The van der Waals surface area contributed by atoms with Crippen LogP contribution < -0.4 is 10.6 Å². The molecule has 4 aliphatic rings. The van der Waals surface area contributed by atoms with Crippen LogP contribution in [0.5, 0.6) is 0 Å². The van der Waals surface area contributed by atoms with Crippen molar-refractivity contribution in [3.63, 3.8) is 0 Å². The molecule has 10 heteroatoms. The SMILES string of the molecule is CCCNC(=O)[C@H]1[C@H]2C(=O)N(CCCCCCO)C(C(=O)NCCN3CCOCC3)C23CC[C@]1(CC)O3. The van der Waals surface area contributed by atoms with E-state index < -0.39 is 29.1 Å². The number of unbranched alkanes of at least 4 members (excludes halogenated alkanes) is 3. The van der Waals surface area contributed by atoms with Crippen LogP contribution >= 0.6 is 0 Å². The Labute approximate surface area is 220 Å². The Bertz CT molecular complexity index is 821. The lowest BCUT2D eigenvalue weighted by molar-refractivity contribution is -0.147. The largest absolute Gasteiger partial charge is 0.396 e. The maximum absolute atomic E-state index is 14.0. The first kappa shape index (κ1) is 28.3. The molecule has 3 N–H and O–H groups in total. The predicted molar refractivity (Wildman–Crippen MR) is 138 cm³/mol. The number of carbonyl (C=O) groups is 3. The molecule has 0 aromatic carbocycles. The molecule has 37 heavy (non-hydrogen) atoms. The molecular weight excluding hydrogens is 476 g/mol. The number of morpholine rings is 1. The van der Waals surface area contributed by atoms with Crippen molar-refractivity contribution in [2.24, 2.45) is 11.8 Å². The van der Waals surface area contributed by atoms with Crippen molar-refractivity contribution in [3.05, 3.63) is 0 Å². The number of ether oxygens (including phenoxy) is 2. The molecular formula is C27H46N4O6. The highest BCUT2D eigenvalue weighted by atomic mass is 16.5. The van der Waals surface area contributed by atoms with Crippen molar-refractivity contribution < 1.29 is 29.0 Å². The third kappa shape index (κ3) is 5.40. The zero-order valence-electron chi connectivity index (χ0n) is 22.6. The fourth-order valence-corrected chi connectivity index (χ4v) is 7.02. The summed E-state index contributed by atoms with van der Waals surface area (Å²) in [5.41, 5.74) is -1.66. The molecule has 210 valence electrons. The first-order valence-electron chi connectivity index (χ1n) is 14.4. The van der Waals surface area contributed by atoms with Gasteiger partial charge in [-0.3, -0.25) is 19.3 Å². The highest BCUT2D eigenvalue weighted by Gasteiger charge is 2.78. The van der Waals surface area contributed by atoms with Crippen LogP contribution in [0.25, 0.3) is 0 Å². The number of rotatable bonds is 14. The maximum atomic E-state index is 14.0. The molecule has 5 atom stereocenters. The zero-order chi connectivity index (χ0) is 26.5. The molecule has 10 nitrogen and oxygen atoms in total. The second kappa shape index (κ2) is 12.4. The Morgan fingerprint density at radius 3 is 2.43 bits per heavy atom. The van der Waals surface area contributed by atoms with Gasteiger partial charge in [0.15, 0.2) is 0 Å². The second-order valence-electron chi connectivity index (χ2n) is 11.0. The van der Waals surface area contributed by atoms with Crippen molar-refractivity contribution >= 4 is 17.7 Å². The Morgan fingerprint density at radius 1 is 1.00 bits per heavy atom. The Kier molecular flexibility index (Phi) is 9.48. The van der Waals surface area contributed by atoms with E-state index in [1.54, 1.807) is 4.90 Å². The van der Waals surface area contributed by atoms with E-state index in [1.165, 1.54) is 0 Å². The fourth-order valence-electron chi connectivity index (χ4n) is 7.02. The summed E-state index contributed by atoms with van der Waals surface area (Å²) in [6, 6.07) is -0.732. The van der Waals surface area contributed by atoms with E-state index >= 15 is 0 Å². The number of aliphatic hydroxyl groups is 1. The smallest absolute Gasteiger partial charge is 0.245 e. The van der Waals surface area contributed by atoms with E-state index in [9.17, 15) is 14.4 Å². The molecule has 0 saturated carbocycles. The molecule has 4 aliphatic heterocycles. The van der Waals surface area contributed by atoms with E-state index in [2.05, 4.69) is 15.5 Å². The van der Waals surface area contributed by atoms with Gasteiger partial charge in [0.2, 0.25) is 17.7 Å². The van der Waals surface area contributed by atoms with Crippen molar-refractivity contribution in [3.8, 4) is 0 Å². The number of carbonyl (C=O) groups excluding carboxylic acids is 3. The molecule has 4 rings (SSSR count). The number of amides is 3. The van der Waals surface area contributed by atoms with Crippen molar-refractivity contribution in [2.75, 3.05) is 59.1 Å². The summed E-state index contributed by atoms with van der Waals surface area (Å²) in [7, 11) is 0. The van der Waals surface area contributed by atoms with Crippen LogP contribution in [0.4, 0.5) is 0 Å². The summed E-state index contributed by atoms with van der Waals surface area (Å²) >= 11 is 0. The van der Waals surface area contributed by atoms with Crippen LogP contribution in [0.1, 0.15) is 65.2 Å². The standard InChI is InChI=1S/C27H46N4O6/c1-3-11-28-23(33)20-21-25(35)31(13-7-5-6-8-17-32)22(27(21)10-9-26(20,4-2)37-27)24(34)29-12-14-30-15-18-36-19-16-30/h20-22,32H,3-19H2,1-2H3,(H,28,33)(H,29,34)/t20-,21+,22?,26+,27?/m1/s1. The Balaban J connectivity index is 1.54. The normalized spacial score (nSPS) is 33.1. The van der Waals surface area contributed by atoms with Gasteiger partial charge in [-0.25, -0.2) is 0 Å². The van der Waals surface area contributed by atoms with Crippen LogP contribution in [0.15, 0.2) is 0 Å². The zero-order valence-corrected chi connectivity index (χ0v) is 22.6. The fraction of sp³-hybridized carbons (Fsp3) is 0.889. The van der Waals surface area contributed by atoms with Crippen molar-refractivity contribution in [1.82, 2.24) is 20.4 Å². The summed E-state index contributed by atoms with van der Waals surface area (Å²) in [6.45, 7) is 9.52. The lowest BCUT2D eigenvalue weighted by atomic mass is 9.65. The van der Waals surface area contributed by atoms with Gasteiger partial charge in [-0.2, -0.15) is 0 Å². The number of fused-ring (bicyclic) bond motifs is 1. The van der Waals surface area contributed by atoms with E-state index in [-0.39, 0.29) is 24.3 Å². The lowest BCUT2D eigenvalue weighted by Crippen LogP contribution is -2.56. The molecule has 0 aliphatic carbocycles. The summed E-state index contributed by atoms with van der Waals surface area (Å²) in [5.74, 6) is -1.64. The molecule has 4 fully saturated rings. The van der Waals surface area contributed by atoms with Crippen LogP contribution in [0, 0.1) is 11.8 Å². The molecule has 0 aromatic heterocycles. The molecule has 3 amide bonds. The van der Waals surface area contributed by atoms with Crippen LogP contribution in [0.3, 0.4) is 0 Å². The van der Waals surface area contributed by atoms with Crippen molar-refractivity contribution in [1.29, 1.82) is 0 Å². The van der Waals surface area contributed by atoms with Crippen LogP contribution in [-0.4, -0.2) is 109 Å². The number of hydrogen-bond donors (Lipinski definition) is 3. The molecule has 0 aromatic rings. The van der Waals surface area contributed by atoms with Crippen LogP contribution in [-0.2, 0) is 23.9 Å². The Hall–Kier alpha value is -1.75. The molecule has 4 saturated heterocycles. The molecule has 2 unspecified atom stereocenters. The van der Waals surface area contributed by atoms with E-state index in [1.807, 2.05) is 13.8 Å². The topological polar surface area (TPSA) is 120 Å². The first-order valence-corrected chi connectivity index (χ1v) is 14.4. The lowest BCUT2D eigenvalue weighted by Gasteiger charge is -2.34. The highest BCUT2D eigenvalue weighted by Crippen LogP contribution is 2.64. The maximum Gasteiger partial charge on any atom is 0.245 e. The van der Waals surface area contributed by atoms with Crippen LogP contribution in [0.2, 0.25) is 0 Å². The summed E-state index contributed by atoms with van der Waals surface area (Å²) in [6.07, 6.45) is 5.96. The average molecular weight is 523 g/mol. The molecule has 1 spiro atoms. The Morgan fingerprint density at radius 2 is 1.73 bits per heavy atom. The molecule has 0 radical (unpaired) electrons. The number of nitrogens with one attached hydrogen (secondary N) is 2. The van der Waals surface area contributed by atoms with Gasteiger partial charge >= 0.3 is 0 Å². The van der Waals surface area contributed by atoms with Gasteiger partial charge < -0.3 is 30.1 Å². The van der Waals surface area contributed by atoms with Gasteiger partial charge in [-0.1, -0.05) is 26.7 Å². The monoisotopic (exact) mass is 522 g/mol. The van der Waals surface area contributed by atoms with Gasteiger partial charge in [0.05, 0.1) is 30.7 Å². The van der Waals surface area contributed by atoms with Gasteiger partial charge in [-0.05, 0) is 38.5 Å². The second-order valence-corrected chi connectivity index (χ2v) is 11.0.